The molecule has 1 aliphatic heterocycles. The van der Waals surface area contributed by atoms with Crippen molar-refractivity contribution >= 4 is 41.0 Å². The molecule has 1 atom stereocenters. The number of amides is 3. The molecule has 3 amide bonds. The zero-order chi connectivity index (χ0) is 22.5. The molecule has 0 saturated carbocycles. The highest BCUT2D eigenvalue weighted by Gasteiger charge is 2.29. The van der Waals surface area contributed by atoms with Crippen molar-refractivity contribution in [1.29, 1.82) is 0 Å². The van der Waals surface area contributed by atoms with Crippen molar-refractivity contribution in [2.75, 3.05) is 44.4 Å². The Bertz CT molecular complexity index is 1010. The first kappa shape index (κ1) is 22.2. The summed E-state index contributed by atoms with van der Waals surface area (Å²) in [5.41, 5.74) is 3.36. The fourth-order valence-corrected chi connectivity index (χ4v) is 3.28. The van der Waals surface area contributed by atoms with Crippen LogP contribution in [0.4, 0.5) is 17.1 Å². The number of hydrogen-bond donors (Lipinski definition) is 2. The van der Waals surface area contributed by atoms with Gasteiger partial charge in [0.25, 0.3) is 5.91 Å². The smallest absolute Gasteiger partial charge is 0.251 e. The first-order chi connectivity index (χ1) is 14.8. The number of likely N-dealkylation sites (N-methyl/N-ethyl adjacent to an activating group) is 2. The predicted molar refractivity (Wildman–Crippen MR) is 122 cm³/mol. The number of anilines is 2. The highest BCUT2D eigenvalue weighted by atomic mass is 16.2. The van der Waals surface area contributed by atoms with Crippen LogP contribution < -0.4 is 15.5 Å². The third-order valence-corrected chi connectivity index (χ3v) is 4.96. The quantitative estimate of drug-likeness (QED) is 0.672. The molecule has 3 rings (SSSR count). The second kappa shape index (κ2) is 9.53. The number of aliphatic imine (C=N–C) groups is 1. The van der Waals surface area contributed by atoms with Gasteiger partial charge in [-0.2, -0.15) is 0 Å². The average Bonchev–Trinajstić information content (AvgIpc) is 3.05. The molecule has 2 aromatic rings. The number of nitrogens with one attached hydrogen (secondary N) is 2. The van der Waals surface area contributed by atoms with E-state index in [2.05, 4.69) is 15.6 Å². The number of nitrogens with zero attached hydrogens (tertiary/aromatic N) is 3. The van der Waals surface area contributed by atoms with Crippen molar-refractivity contribution < 1.29 is 14.4 Å². The Labute approximate surface area is 181 Å². The van der Waals surface area contributed by atoms with Crippen LogP contribution in [0, 0.1) is 0 Å². The van der Waals surface area contributed by atoms with Gasteiger partial charge in [0.2, 0.25) is 11.8 Å². The van der Waals surface area contributed by atoms with E-state index in [0.29, 0.717) is 30.0 Å². The summed E-state index contributed by atoms with van der Waals surface area (Å²) in [6.45, 7) is 2.72. The summed E-state index contributed by atoms with van der Waals surface area (Å²) in [4.78, 5) is 44.5. The molecule has 8 nitrogen and oxygen atoms in total. The zero-order valence-corrected chi connectivity index (χ0v) is 18.2. The van der Waals surface area contributed by atoms with Gasteiger partial charge in [-0.25, -0.2) is 0 Å². The first-order valence-corrected chi connectivity index (χ1v) is 10.1. The molecule has 0 radical (unpaired) electrons. The van der Waals surface area contributed by atoms with Crippen LogP contribution in [0.1, 0.15) is 28.8 Å². The maximum absolute atomic E-state index is 12.4. The van der Waals surface area contributed by atoms with E-state index in [1.54, 1.807) is 48.5 Å². The van der Waals surface area contributed by atoms with Crippen LogP contribution in [0.3, 0.4) is 0 Å². The molecule has 0 aromatic heterocycles. The standard InChI is InChI=1S/C23H27N5O3/c1-5-24-22(30)15-6-11-18-19(23(31)26-20(18)12-15)13-25-16-7-9-17(10-8-16)28(4)21(29)14-27(2)3/h6-13,19H,5,14H2,1-4H3,(H,24,30)(H,26,31). The highest BCUT2D eigenvalue weighted by molar-refractivity contribution is 6.13. The van der Waals surface area contributed by atoms with Gasteiger partial charge >= 0.3 is 0 Å². The van der Waals surface area contributed by atoms with Gasteiger partial charge in [-0.05, 0) is 63.0 Å². The lowest BCUT2D eigenvalue weighted by molar-refractivity contribution is -0.119. The molecule has 162 valence electrons. The summed E-state index contributed by atoms with van der Waals surface area (Å²) in [5.74, 6) is -0.891. The Morgan fingerprint density at radius 2 is 1.84 bits per heavy atom. The van der Waals surface area contributed by atoms with Crippen molar-refractivity contribution in [2.24, 2.45) is 4.99 Å². The number of hydrogen-bond acceptors (Lipinski definition) is 5. The summed E-state index contributed by atoms with van der Waals surface area (Å²) in [7, 11) is 5.43. The highest BCUT2D eigenvalue weighted by Crippen LogP contribution is 2.33. The van der Waals surface area contributed by atoms with Gasteiger partial charge in [0, 0.05) is 36.7 Å². The van der Waals surface area contributed by atoms with Gasteiger partial charge in [-0.1, -0.05) is 6.07 Å². The van der Waals surface area contributed by atoms with Crippen LogP contribution in [-0.4, -0.2) is 63.1 Å². The number of carbonyl (C=O) groups excluding carboxylic acids is 3. The second-order valence-electron chi connectivity index (χ2n) is 7.61. The molecule has 0 spiro atoms. The largest absolute Gasteiger partial charge is 0.352 e. The van der Waals surface area contributed by atoms with Crippen molar-refractivity contribution in [3.8, 4) is 0 Å². The van der Waals surface area contributed by atoms with Crippen molar-refractivity contribution in [1.82, 2.24) is 10.2 Å². The summed E-state index contributed by atoms with van der Waals surface area (Å²) < 4.78 is 0. The first-order valence-electron chi connectivity index (χ1n) is 10.1. The van der Waals surface area contributed by atoms with Gasteiger partial charge in [0.05, 0.1) is 12.2 Å². The Hall–Kier alpha value is -3.52. The molecule has 8 heteroatoms. The zero-order valence-electron chi connectivity index (χ0n) is 18.2. The fourth-order valence-electron chi connectivity index (χ4n) is 3.28. The fraction of sp³-hybridized carbons (Fsp3) is 0.304. The van der Waals surface area contributed by atoms with Crippen LogP contribution in [-0.2, 0) is 9.59 Å². The molecule has 0 bridgehead atoms. The van der Waals surface area contributed by atoms with E-state index < -0.39 is 5.92 Å². The van der Waals surface area contributed by atoms with Crippen LogP contribution >= 0.6 is 0 Å². The predicted octanol–water partition coefficient (Wildman–Crippen LogP) is 2.40. The van der Waals surface area contributed by atoms with Gasteiger partial charge in [-0.15, -0.1) is 0 Å². The molecular formula is C23H27N5O3. The van der Waals surface area contributed by atoms with E-state index in [1.165, 1.54) is 0 Å². The minimum atomic E-state index is -0.526. The van der Waals surface area contributed by atoms with Crippen LogP contribution in [0.25, 0.3) is 0 Å². The number of benzene rings is 2. The Morgan fingerprint density at radius 1 is 1.13 bits per heavy atom. The molecule has 1 heterocycles. The molecule has 31 heavy (non-hydrogen) atoms. The van der Waals surface area contributed by atoms with E-state index in [1.807, 2.05) is 38.1 Å². The van der Waals surface area contributed by atoms with Gasteiger partial charge in [0.15, 0.2) is 0 Å². The Balaban J connectivity index is 1.72. The number of carbonyl (C=O) groups is 3. The summed E-state index contributed by atoms with van der Waals surface area (Å²) in [5, 5.41) is 5.56. The minimum absolute atomic E-state index is 0.00697. The lowest BCUT2D eigenvalue weighted by Crippen LogP contribution is -2.34. The molecule has 2 N–H and O–H groups in total. The molecule has 0 saturated heterocycles. The van der Waals surface area contributed by atoms with Gasteiger partial charge in [0.1, 0.15) is 5.92 Å². The maximum Gasteiger partial charge on any atom is 0.251 e. The van der Waals surface area contributed by atoms with Crippen molar-refractivity contribution in [2.45, 2.75) is 12.8 Å². The van der Waals surface area contributed by atoms with Crippen LogP contribution in [0.2, 0.25) is 0 Å². The summed E-state index contributed by atoms with van der Waals surface area (Å²) >= 11 is 0. The molecule has 1 unspecified atom stereocenters. The van der Waals surface area contributed by atoms with E-state index in [0.717, 1.165) is 11.3 Å². The molecule has 1 aliphatic rings. The number of rotatable bonds is 7. The van der Waals surface area contributed by atoms with Crippen LogP contribution in [0.15, 0.2) is 47.5 Å². The van der Waals surface area contributed by atoms with Crippen molar-refractivity contribution in [3.05, 3.63) is 53.6 Å². The van der Waals surface area contributed by atoms with E-state index in [4.69, 9.17) is 0 Å². The van der Waals surface area contributed by atoms with Crippen molar-refractivity contribution in [3.63, 3.8) is 0 Å². The molecule has 0 fully saturated rings. The lowest BCUT2D eigenvalue weighted by atomic mass is 10.00. The summed E-state index contributed by atoms with van der Waals surface area (Å²) in [6.07, 6.45) is 1.60. The molecular weight excluding hydrogens is 394 g/mol. The molecule has 0 aliphatic carbocycles. The molecule has 2 aromatic carbocycles. The van der Waals surface area contributed by atoms with Gasteiger partial charge in [-0.3, -0.25) is 19.4 Å². The van der Waals surface area contributed by atoms with Gasteiger partial charge < -0.3 is 20.4 Å². The second-order valence-corrected chi connectivity index (χ2v) is 7.61. The topological polar surface area (TPSA) is 94.1 Å². The van der Waals surface area contributed by atoms with E-state index in [9.17, 15) is 14.4 Å². The summed E-state index contributed by atoms with van der Waals surface area (Å²) in [6, 6.07) is 12.4. The third-order valence-electron chi connectivity index (χ3n) is 4.96. The van der Waals surface area contributed by atoms with E-state index in [-0.39, 0.29) is 17.7 Å². The number of fused-ring (bicyclic) bond motifs is 1. The monoisotopic (exact) mass is 421 g/mol. The minimum Gasteiger partial charge on any atom is -0.352 e. The average molecular weight is 422 g/mol. The third kappa shape index (κ3) is 5.16. The SMILES string of the molecule is CCNC(=O)c1ccc2c(c1)NC(=O)C2C=Nc1ccc(N(C)C(=O)CN(C)C)cc1. The van der Waals surface area contributed by atoms with Crippen LogP contribution in [0.5, 0.6) is 0 Å². The Kier molecular flexibility index (Phi) is 6.81. The maximum atomic E-state index is 12.4. The van der Waals surface area contributed by atoms with E-state index >= 15 is 0 Å². The lowest BCUT2D eigenvalue weighted by Gasteiger charge is -2.19. The Morgan fingerprint density at radius 3 is 2.48 bits per heavy atom. The normalized spacial score (nSPS) is 15.1.